The Morgan fingerprint density at radius 2 is 2.06 bits per heavy atom. The number of carboxylic acid groups (broad SMARTS) is 1. The van der Waals surface area contributed by atoms with Crippen molar-refractivity contribution in [1.29, 1.82) is 0 Å². The summed E-state index contributed by atoms with van der Waals surface area (Å²) in [5, 5.41) is 9.07. The van der Waals surface area contributed by atoms with Crippen molar-refractivity contribution in [2.75, 3.05) is 6.61 Å². The van der Waals surface area contributed by atoms with E-state index in [1.807, 2.05) is 6.92 Å². The minimum atomic E-state index is -0.704. The molecule has 4 heteroatoms. The fraction of sp³-hybridized carbons (Fsp3) is 0.833. The van der Waals surface area contributed by atoms with Crippen LogP contribution >= 0.6 is 0 Å². The summed E-state index contributed by atoms with van der Waals surface area (Å²) in [6.07, 6.45) is 3.68. The third kappa shape index (κ3) is 1.70. The molecule has 2 bridgehead atoms. The Kier molecular flexibility index (Phi) is 2.91. The van der Waals surface area contributed by atoms with Gasteiger partial charge in [0, 0.05) is 0 Å². The van der Waals surface area contributed by atoms with E-state index in [1.54, 1.807) is 0 Å². The van der Waals surface area contributed by atoms with Crippen LogP contribution in [-0.2, 0) is 14.3 Å². The van der Waals surface area contributed by atoms with Gasteiger partial charge in [0.1, 0.15) is 0 Å². The topological polar surface area (TPSA) is 63.6 Å². The van der Waals surface area contributed by atoms with Gasteiger partial charge in [-0.2, -0.15) is 0 Å². The van der Waals surface area contributed by atoms with Crippen LogP contribution in [0.15, 0.2) is 0 Å². The van der Waals surface area contributed by atoms with Crippen LogP contribution in [0.1, 0.15) is 39.0 Å². The quantitative estimate of drug-likeness (QED) is 0.746. The van der Waals surface area contributed by atoms with Crippen molar-refractivity contribution in [3.05, 3.63) is 0 Å². The maximum absolute atomic E-state index is 11.9. The molecular formula is C12H18O4. The molecule has 0 saturated heterocycles. The number of rotatable bonds is 3. The summed E-state index contributed by atoms with van der Waals surface area (Å²) in [6, 6.07) is 0. The molecule has 2 saturated carbocycles. The zero-order chi connectivity index (χ0) is 11.8. The summed E-state index contributed by atoms with van der Waals surface area (Å²) in [5.74, 6) is -0.883. The number of fused-ring (bicyclic) bond motifs is 2. The Bertz CT molecular complexity index is 312. The van der Waals surface area contributed by atoms with E-state index in [1.165, 1.54) is 0 Å². The number of ether oxygens (including phenoxy) is 1. The smallest absolute Gasteiger partial charge is 0.312 e. The van der Waals surface area contributed by atoms with Gasteiger partial charge in [-0.25, -0.2) is 0 Å². The predicted octanol–water partition coefficient (Wildman–Crippen LogP) is 1.83. The molecule has 0 aromatic heterocycles. The SMILES string of the molecule is CCOC(=O)C12CCC(C1)C(C(=O)O)CC2. The van der Waals surface area contributed by atoms with Gasteiger partial charge >= 0.3 is 11.9 Å². The molecule has 3 atom stereocenters. The molecule has 16 heavy (non-hydrogen) atoms. The molecular weight excluding hydrogens is 208 g/mol. The van der Waals surface area contributed by atoms with Crippen LogP contribution in [0, 0.1) is 17.3 Å². The fourth-order valence-electron chi connectivity index (χ4n) is 3.30. The number of carbonyl (C=O) groups excluding carboxylic acids is 1. The molecule has 0 heterocycles. The second kappa shape index (κ2) is 4.07. The molecule has 4 nitrogen and oxygen atoms in total. The van der Waals surface area contributed by atoms with E-state index in [4.69, 9.17) is 9.84 Å². The first-order chi connectivity index (χ1) is 7.59. The standard InChI is InChI=1S/C12H18O4/c1-2-16-11(15)12-5-3-8(7-12)9(4-6-12)10(13)14/h8-9H,2-7H2,1H3,(H,13,14). The first kappa shape index (κ1) is 11.4. The van der Waals surface area contributed by atoms with E-state index < -0.39 is 5.97 Å². The summed E-state index contributed by atoms with van der Waals surface area (Å²) in [5.41, 5.74) is -0.355. The number of esters is 1. The maximum atomic E-state index is 11.9. The number of hydrogen-bond donors (Lipinski definition) is 1. The van der Waals surface area contributed by atoms with Gasteiger partial charge in [-0.15, -0.1) is 0 Å². The van der Waals surface area contributed by atoms with Crippen LogP contribution in [0.2, 0.25) is 0 Å². The van der Waals surface area contributed by atoms with Gasteiger partial charge in [0.2, 0.25) is 0 Å². The molecule has 0 aliphatic heterocycles. The highest BCUT2D eigenvalue weighted by Gasteiger charge is 2.53. The van der Waals surface area contributed by atoms with Crippen LogP contribution in [-0.4, -0.2) is 23.7 Å². The van der Waals surface area contributed by atoms with Gasteiger partial charge < -0.3 is 9.84 Å². The third-order valence-corrected chi connectivity index (χ3v) is 4.18. The Morgan fingerprint density at radius 3 is 2.69 bits per heavy atom. The van der Waals surface area contributed by atoms with Crippen LogP contribution in [0.3, 0.4) is 0 Å². The first-order valence-electron chi connectivity index (χ1n) is 5.99. The average Bonchev–Trinajstić information content (AvgIpc) is 2.58. The van der Waals surface area contributed by atoms with E-state index in [0.717, 1.165) is 12.8 Å². The van der Waals surface area contributed by atoms with Crippen molar-refractivity contribution in [3.63, 3.8) is 0 Å². The van der Waals surface area contributed by atoms with Gasteiger partial charge in [-0.3, -0.25) is 9.59 Å². The second-order valence-corrected chi connectivity index (χ2v) is 4.99. The molecule has 0 spiro atoms. The number of hydrogen-bond acceptors (Lipinski definition) is 3. The van der Waals surface area contributed by atoms with Crippen molar-refractivity contribution in [1.82, 2.24) is 0 Å². The summed E-state index contributed by atoms with van der Waals surface area (Å²) >= 11 is 0. The van der Waals surface area contributed by atoms with Crippen molar-refractivity contribution in [2.24, 2.45) is 17.3 Å². The Morgan fingerprint density at radius 1 is 1.38 bits per heavy atom. The molecule has 2 aliphatic rings. The average molecular weight is 226 g/mol. The van der Waals surface area contributed by atoms with Gasteiger partial charge in [-0.1, -0.05) is 0 Å². The molecule has 0 amide bonds. The van der Waals surface area contributed by atoms with E-state index >= 15 is 0 Å². The minimum absolute atomic E-state index is 0.110. The summed E-state index contributed by atoms with van der Waals surface area (Å²) in [6.45, 7) is 2.22. The van der Waals surface area contributed by atoms with E-state index in [0.29, 0.717) is 25.9 Å². The molecule has 3 unspecified atom stereocenters. The zero-order valence-electron chi connectivity index (χ0n) is 9.57. The van der Waals surface area contributed by atoms with Crippen molar-refractivity contribution in [2.45, 2.75) is 39.0 Å². The van der Waals surface area contributed by atoms with Gasteiger partial charge in [-0.05, 0) is 44.9 Å². The van der Waals surface area contributed by atoms with Gasteiger partial charge in [0.05, 0.1) is 17.9 Å². The monoisotopic (exact) mass is 226 g/mol. The van der Waals surface area contributed by atoms with Gasteiger partial charge in [0.15, 0.2) is 0 Å². The molecule has 2 aliphatic carbocycles. The van der Waals surface area contributed by atoms with Crippen LogP contribution in [0.5, 0.6) is 0 Å². The maximum Gasteiger partial charge on any atom is 0.312 e. The lowest BCUT2D eigenvalue weighted by atomic mass is 9.71. The van der Waals surface area contributed by atoms with E-state index in [-0.39, 0.29) is 23.2 Å². The fourth-order valence-corrected chi connectivity index (χ4v) is 3.30. The zero-order valence-corrected chi connectivity index (χ0v) is 9.57. The summed E-state index contributed by atoms with van der Waals surface area (Å²) in [7, 11) is 0. The normalized spacial score (nSPS) is 37.1. The number of aliphatic carboxylic acids is 1. The summed E-state index contributed by atoms with van der Waals surface area (Å²) < 4.78 is 5.11. The molecule has 2 rings (SSSR count). The molecule has 0 radical (unpaired) electrons. The molecule has 0 aromatic carbocycles. The van der Waals surface area contributed by atoms with Crippen molar-refractivity contribution < 1.29 is 19.4 Å². The third-order valence-electron chi connectivity index (χ3n) is 4.18. The highest BCUT2D eigenvalue weighted by molar-refractivity contribution is 5.79. The second-order valence-electron chi connectivity index (χ2n) is 4.99. The van der Waals surface area contributed by atoms with Crippen LogP contribution < -0.4 is 0 Å². The lowest BCUT2D eigenvalue weighted by molar-refractivity contribution is -0.159. The largest absolute Gasteiger partial charge is 0.481 e. The summed E-state index contributed by atoms with van der Waals surface area (Å²) in [4.78, 5) is 22.9. The Hall–Kier alpha value is -1.06. The minimum Gasteiger partial charge on any atom is -0.481 e. The van der Waals surface area contributed by atoms with Crippen molar-refractivity contribution in [3.8, 4) is 0 Å². The van der Waals surface area contributed by atoms with Crippen LogP contribution in [0.25, 0.3) is 0 Å². The first-order valence-corrected chi connectivity index (χ1v) is 5.99. The Balaban J connectivity index is 2.08. The highest BCUT2D eigenvalue weighted by Crippen LogP contribution is 2.54. The lowest BCUT2D eigenvalue weighted by Crippen LogP contribution is -2.37. The molecule has 2 fully saturated rings. The lowest BCUT2D eigenvalue weighted by Gasteiger charge is -2.33. The molecule has 90 valence electrons. The highest BCUT2D eigenvalue weighted by atomic mass is 16.5. The van der Waals surface area contributed by atoms with E-state index in [9.17, 15) is 9.59 Å². The predicted molar refractivity (Wildman–Crippen MR) is 56.8 cm³/mol. The number of carboxylic acids is 1. The number of carbonyl (C=O) groups is 2. The van der Waals surface area contributed by atoms with E-state index in [2.05, 4.69) is 0 Å². The Labute approximate surface area is 95.0 Å². The van der Waals surface area contributed by atoms with Crippen LogP contribution in [0.4, 0.5) is 0 Å². The van der Waals surface area contributed by atoms with Gasteiger partial charge in [0.25, 0.3) is 0 Å². The van der Waals surface area contributed by atoms with Crippen molar-refractivity contribution >= 4 is 11.9 Å². The molecule has 1 N–H and O–H groups in total. The molecule has 0 aromatic rings.